The van der Waals surface area contributed by atoms with E-state index in [-0.39, 0.29) is 11.9 Å². The molecule has 21 heavy (non-hydrogen) atoms. The third-order valence-electron chi connectivity index (χ3n) is 5.17. The third-order valence-corrected chi connectivity index (χ3v) is 5.17. The summed E-state index contributed by atoms with van der Waals surface area (Å²) in [5.74, 6) is -1.76. The number of nitrogens with two attached hydrogens (primary N) is 1. The monoisotopic (exact) mass is 289 g/mol. The van der Waals surface area contributed by atoms with E-state index in [1.165, 1.54) is 12.1 Å². The summed E-state index contributed by atoms with van der Waals surface area (Å²) in [5.41, 5.74) is 5.59. The number of primary amides is 1. The highest BCUT2D eigenvalue weighted by atomic mass is 19.1. The average Bonchev–Trinajstić information content (AvgIpc) is 3.06. The standard InChI is InChI=1S/C15H16FN3O2/c16-8-3-4-12-10(6-8)15(14(21)18-12)11(13(17)20)7-9-2-1-5-19(9)15/h3-4,6,9,11H,1-2,5,7H2,(H2,17,20)(H,18,21)/t9-,11+,15+/m1/s1. The summed E-state index contributed by atoms with van der Waals surface area (Å²) in [6.45, 7) is 0.734. The molecule has 6 heteroatoms. The van der Waals surface area contributed by atoms with Crippen molar-refractivity contribution in [3.05, 3.63) is 29.6 Å². The normalized spacial score (nSPS) is 34.0. The zero-order valence-electron chi connectivity index (χ0n) is 11.4. The van der Waals surface area contributed by atoms with Gasteiger partial charge >= 0.3 is 0 Å². The number of anilines is 1. The molecule has 1 aromatic rings. The Morgan fingerprint density at radius 1 is 1.48 bits per heavy atom. The van der Waals surface area contributed by atoms with Crippen molar-refractivity contribution in [1.29, 1.82) is 0 Å². The highest BCUT2D eigenvalue weighted by Crippen LogP contribution is 2.55. The van der Waals surface area contributed by atoms with Gasteiger partial charge in [-0.1, -0.05) is 0 Å². The SMILES string of the molecule is NC(=O)[C@@H]1C[C@H]2CCCN2[C@]12C(=O)Nc1ccc(F)cc12. The van der Waals surface area contributed by atoms with Crippen molar-refractivity contribution in [3.63, 3.8) is 0 Å². The van der Waals surface area contributed by atoms with Gasteiger partial charge in [-0.3, -0.25) is 14.5 Å². The molecule has 2 saturated heterocycles. The molecule has 3 aliphatic heterocycles. The van der Waals surface area contributed by atoms with Crippen LogP contribution in [0.3, 0.4) is 0 Å². The molecule has 3 heterocycles. The molecule has 3 atom stereocenters. The third kappa shape index (κ3) is 1.43. The van der Waals surface area contributed by atoms with Crippen LogP contribution >= 0.6 is 0 Å². The number of hydrogen-bond acceptors (Lipinski definition) is 3. The fourth-order valence-electron chi connectivity index (χ4n) is 4.42. The van der Waals surface area contributed by atoms with Gasteiger partial charge in [0.25, 0.3) is 0 Å². The molecule has 2 amide bonds. The van der Waals surface area contributed by atoms with Crippen molar-refractivity contribution in [2.75, 3.05) is 11.9 Å². The first-order valence-electron chi connectivity index (χ1n) is 7.22. The molecular weight excluding hydrogens is 273 g/mol. The van der Waals surface area contributed by atoms with Gasteiger partial charge < -0.3 is 11.1 Å². The highest BCUT2D eigenvalue weighted by molar-refractivity contribution is 6.09. The van der Waals surface area contributed by atoms with Crippen molar-refractivity contribution in [3.8, 4) is 0 Å². The number of nitrogens with zero attached hydrogens (tertiary/aromatic N) is 1. The zero-order chi connectivity index (χ0) is 14.8. The Hall–Kier alpha value is -1.95. The van der Waals surface area contributed by atoms with E-state index in [4.69, 9.17) is 5.73 Å². The van der Waals surface area contributed by atoms with Crippen LogP contribution in [0.15, 0.2) is 18.2 Å². The van der Waals surface area contributed by atoms with Gasteiger partial charge in [-0.05, 0) is 44.0 Å². The number of carbonyl (C=O) groups excluding carboxylic acids is 2. The largest absolute Gasteiger partial charge is 0.369 e. The Kier molecular flexibility index (Phi) is 2.45. The Bertz CT molecular complexity index is 662. The number of rotatable bonds is 1. The van der Waals surface area contributed by atoms with E-state index in [1.54, 1.807) is 6.07 Å². The molecule has 0 aliphatic carbocycles. The number of nitrogens with one attached hydrogen (secondary N) is 1. The number of amides is 2. The summed E-state index contributed by atoms with van der Waals surface area (Å²) in [6.07, 6.45) is 2.50. The van der Waals surface area contributed by atoms with Crippen LogP contribution in [0.25, 0.3) is 0 Å². The second-order valence-corrected chi connectivity index (χ2v) is 6.09. The maximum absolute atomic E-state index is 13.7. The van der Waals surface area contributed by atoms with Crippen molar-refractivity contribution in [2.24, 2.45) is 11.7 Å². The Morgan fingerprint density at radius 2 is 2.29 bits per heavy atom. The van der Waals surface area contributed by atoms with Gasteiger partial charge in [-0.15, -0.1) is 0 Å². The van der Waals surface area contributed by atoms with Crippen LogP contribution in [-0.4, -0.2) is 29.3 Å². The topological polar surface area (TPSA) is 75.4 Å². The molecule has 0 radical (unpaired) electrons. The maximum Gasteiger partial charge on any atom is 0.250 e. The van der Waals surface area contributed by atoms with Crippen molar-refractivity contribution in [1.82, 2.24) is 4.90 Å². The smallest absolute Gasteiger partial charge is 0.250 e. The first kappa shape index (κ1) is 12.8. The van der Waals surface area contributed by atoms with Crippen molar-refractivity contribution >= 4 is 17.5 Å². The lowest BCUT2D eigenvalue weighted by Crippen LogP contribution is -2.53. The first-order valence-corrected chi connectivity index (χ1v) is 7.22. The second-order valence-electron chi connectivity index (χ2n) is 6.09. The van der Waals surface area contributed by atoms with E-state index in [0.29, 0.717) is 17.7 Å². The zero-order valence-corrected chi connectivity index (χ0v) is 11.4. The predicted octanol–water partition coefficient (Wildman–Crippen LogP) is 0.943. The lowest BCUT2D eigenvalue weighted by atomic mass is 9.78. The molecule has 0 bridgehead atoms. The predicted molar refractivity (Wildman–Crippen MR) is 73.7 cm³/mol. The molecule has 3 aliphatic rings. The lowest BCUT2D eigenvalue weighted by Gasteiger charge is -2.35. The van der Waals surface area contributed by atoms with Gasteiger partial charge in [0.15, 0.2) is 0 Å². The van der Waals surface area contributed by atoms with Crippen LogP contribution in [-0.2, 0) is 15.1 Å². The Morgan fingerprint density at radius 3 is 3.05 bits per heavy atom. The highest BCUT2D eigenvalue weighted by Gasteiger charge is 2.65. The number of carbonyl (C=O) groups is 2. The van der Waals surface area contributed by atoms with Gasteiger partial charge in [0.1, 0.15) is 11.4 Å². The Labute approximate surface area is 121 Å². The van der Waals surface area contributed by atoms with Crippen LogP contribution in [0.1, 0.15) is 24.8 Å². The molecule has 3 N–H and O–H groups in total. The molecule has 0 aromatic heterocycles. The summed E-state index contributed by atoms with van der Waals surface area (Å²) in [4.78, 5) is 26.8. The van der Waals surface area contributed by atoms with E-state index in [9.17, 15) is 14.0 Å². The average molecular weight is 289 g/mol. The first-order chi connectivity index (χ1) is 10.0. The maximum atomic E-state index is 13.7. The molecule has 4 rings (SSSR count). The molecular formula is C15H16FN3O2. The Balaban J connectivity index is 1.97. The fourth-order valence-corrected chi connectivity index (χ4v) is 4.42. The fraction of sp³-hybridized carbons (Fsp3) is 0.467. The van der Waals surface area contributed by atoms with Gasteiger partial charge in [0.2, 0.25) is 11.8 Å². The van der Waals surface area contributed by atoms with Crippen LogP contribution in [0.4, 0.5) is 10.1 Å². The van der Waals surface area contributed by atoms with Crippen LogP contribution in [0, 0.1) is 11.7 Å². The minimum absolute atomic E-state index is 0.169. The van der Waals surface area contributed by atoms with Crippen LogP contribution in [0.5, 0.6) is 0 Å². The summed E-state index contributed by atoms with van der Waals surface area (Å²) in [5, 5.41) is 2.80. The minimum atomic E-state index is -1.12. The molecule has 110 valence electrons. The van der Waals surface area contributed by atoms with Crippen LogP contribution in [0.2, 0.25) is 0 Å². The molecule has 0 saturated carbocycles. The van der Waals surface area contributed by atoms with Gasteiger partial charge in [0, 0.05) is 17.3 Å². The van der Waals surface area contributed by atoms with Crippen LogP contribution < -0.4 is 11.1 Å². The summed E-state index contributed by atoms with van der Waals surface area (Å²) in [7, 11) is 0. The summed E-state index contributed by atoms with van der Waals surface area (Å²) in [6, 6.07) is 4.40. The molecule has 0 unspecified atom stereocenters. The van der Waals surface area contributed by atoms with Gasteiger partial charge in [-0.25, -0.2) is 4.39 Å². The molecule has 1 aromatic carbocycles. The number of halogens is 1. The minimum Gasteiger partial charge on any atom is -0.369 e. The molecule has 2 fully saturated rings. The number of hydrogen-bond donors (Lipinski definition) is 2. The van der Waals surface area contributed by atoms with E-state index >= 15 is 0 Å². The molecule has 1 spiro atoms. The number of benzene rings is 1. The van der Waals surface area contributed by atoms with Gasteiger partial charge in [0.05, 0.1) is 5.92 Å². The van der Waals surface area contributed by atoms with Gasteiger partial charge in [-0.2, -0.15) is 0 Å². The second kappa shape index (κ2) is 4.04. The van der Waals surface area contributed by atoms with E-state index in [2.05, 4.69) is 10.2 Å². The molecule has 5 nitrogen and oxygen atoms in total. The van der Waals surface area contributed by atoms with E-state index in [0.717, 1.165) is 19.4 Å². The van der Waals surface area contributed by atoms with Crippen molar-refractivity contribution in [2.45, 2.75) is 30.8 Å². The van der Waals surface area contributed by atoms with Crippen molar-refractivity contribution < 1.29 is 14.0 Å². The number of fused-ring (bicyclic) bond motifs is 4. The summed E-state index contributed by atoms with van der Waals surface area (Å²) >= 11 is 0. The quantitative estimate of drug-likeness (QED) is 0.808. The van der Waals surface area contributed by atoms with E-state index < -0.39 is 23.2 Å². The summed E-state index contributed by atoms with van der Waals surface area (Å²) < 4.78 is 13.7. The van der Waals surface area contributed by atoms with E-state index in [1.807, 2.05) is 0 Å². The lowest BCUT2D eigenvalue weighted by molar-refractivity contribution is -0.135.